The van der Waals surface area contributed by atoms with Crippen LogP contribution in [0.4, 0.5) is 0 Å². The number of esters is 1. The van der Waals surface area contributed by atoms with Crippen LogP contribution in [0.1, 0.15) is 44.9 Å². The molecule has 1 unspecified atom stereocenters. The minimum Gasteiger partial charge on any atom is -0.460 e. The molecule has 1 heterocycles. The summed E-state index contributed by atoms with van der Waals surface area (Å²) in [5.41, 5.74) is -1.35. The Morgan fingerprint density at radius 2 is 1.68 bits per heavy atom. The lowest BCUT2D eigenvalue weighted by Crippen LogP contribution is -2.33. The summed E-state index contributed by atoms with van der Waals surface area (Å²) in [5.74, 6) is -1.01. The van der Waals surface area contributed by atoms with Crippen molar-refractivity contribution in [2.24, 2.45) is 0 Å². The van der Waals surface area contributed by atoms with E-state index in [2.05, 4.69) is 4.98 Å². The van der Waals surface area contributed by atoms with E-state index in [0.29, 0.717) is 11.3 Å². The highest BCUT2D eigenvalue weighted by Crippen LogP contribution is 2.32. The molecule has 1 N–H and O–H groups in total. The molecule has 5 nitrogen and oxygen atoms in total. The van der Waals surface area contributed by atoms with Gasteiger partial charge in [0, 0.05) is 12.6 Å². The lowest BCUT2D eigenvalue weighted by atomic mass is 9.84. The van der Waals surface area contributed by atoms with Crippen molar-refractivity contribution >= 4 is 11.8 Å². The van der Waals surface area contributed by atoms with Crippen LogP contribution in [0.3, 0.4) is 0 Å². The van der Waals surface area contributed by atoms with E-state index < -0.39 is 23.0 Å². The number of pyridine rings is 1. The first-order chi connectivity index (χ1) is 11.7. The first-order valence-electron chi connectivity index (χ1n) is 8.14. The fourth-order valence-electron chi connectivity index (χ4n) is 2.55. The Morgan fingerprint density at radius 3 is 2.24 bits per heavy atom. The van der Waals surface area contributed by atoms with Gasteiger partial charge in [0.2, 0.25) is 0 Å². The SMILES string of the molecule is CC(C)(C)OC(=O)CC(=O)CC(O)(c1ccccc1)c1ccccn1. The molecule has 132 valence electrons. The average molecular weight is 341 g/mol. The molecular weight excluding hydrogens is 318 g/mol. The van der Waals surface area contributed by atoms with E-state index in [4.69, 9.17) is 4.74 Å². The highest BCUT2D eigenvalue weighted by molar-refractivity contribution is 5.96. The second-order valence-electron chi connectivity index (χ2n) is 6.92. The van der Waals surface area contributed by atoms with Crippen LogP contribution >= 0.6 is 0 Å². The molecule has 1 aromatic carbocycles. The molecule has 2 aromatic rings. The van der Waals surface area contributed by atoms with Crippen molar-refractivity contribution in [1.82, 2.24) is 4.98 Å². The lowest BCUT2D eigenvalue weighted by Gasteiger charge is -2.27. The van der Waals surface area contributed by atoms with E-state index in [1.165, 1.54) is 0 Å². The Bertz CT molecular complexity index is 681. The van der Waals surface area contributed by atoms with Gasteiger partial charge < -0.3 is 9.84 Å². The number of carbonyl (C=O) groups is 2. The summed E-state index contributed by atoms with van der Waals surface area (Å²) in [6.45, 7) is 5.22. The molecule has 5 heteroatoms. The Morgan fingerprint density at radius 1 is 1.04 bits per heavy atom. The van der Waals surface area contributed by atoms with Crippen LogP contribution in [0, 0.1) is 0 Å². The monoisotopic (exact) mass is 341 g/mol. The van der Waals surface area contributed by atoms with Gasteiger partial charge in [-0.05, 0) is 38.5 Å². The molecule has 0 amide bonds. The van der Waals surface area contributed by atoms with Crippen molar-refractivity contribution in [2.45, 2.75) is 44.8 Å². The maximum absolute atomic E-state index is 12.4. The van der Waals surface area contributed by atoms with Gasteiger partial charge in [-0.3, -0.25) is 14.6 Å². The summed E-state index contributed by atoms with van der Waals surface area (Å²) in [6, 6.07) is 14.0. The Balaban J connectivity index is 2.23. The molecule has 25 heavy (non-hydrogen) atoms. The van der Waals surface area contributed by atoms with Crippen LogP contribution < -0.4 is 0 Å². The quantitative estimate of drug-likeness (QED) is 0.645. The highest BCUT2D eigenvalue weighted by Gasteiger charge is 2.36. The molecule has 0 radical (unpaired) electrons. The number of rotatable bonds is 6. The number of nitrogens with zero attached hydrogens (tertiary/aromatic N) is 1. The van der Waals surface area contributed by atoms with Gasteiger partial charge in [-0.1, -0.05) is 36.4 Å². The van der Waals surface area contributed by atoms with Gasteiger partial charge in [-0.25, -0.2) is 0 Å². The van der Waals surface area contributed by atoms with E-state index in [-0.39, 0.29) is 12.8 Å². The third-order valence-corrected chi connectivity index (χ3v) is 3.55. The maximum Gasteiger partial charge on any atom is 0.313 e. The predicted molar refractivity (Wildman–Crippen MR) is 93.8 cm³/mol. The normalized spacial score (nSPS) is 13.8. The number of benzene rings is 1. The minimum absolute atomic E-state index is 0.257. The second-order valence-corrected chi connectivity index (χ2v) is 6.92. The molecule has 1 atom stereocenters. The van der Waals surface area contributed by atoms with E-state index >= 15 is 0 Å². The number of hydrogen-bond acceptors (Lipinski definition) is 5. The van der Waals surface area contributed by atoms with Gasteiger partial charge >= 0.3 is 5.97 Å². The van der Waals surface area contributed by atoms with Gasteiger partial charge in [0.05, 0.1) is 5.69 Å². The minimum atomic E-state index is -1.60. The predicted octanol–water partition coefficient (Wildman–Crippen LogP) is 3.01. The molecule has 1 aromatic heterocycles. The molecule has 0 bridgehead atoms. The Hall–Kier alpha value is -2.53. The molecule has 0 aliphatic rings. The summed E-state index contributed by atoms with van der Waals surface area (Å²) in [6.07, 6.45) is 0.911. The number of hydrogen-bond donors (Lipinski definition) is 1. The fraction of sp³-hybridized carbons (Fsp3) is 0.350. The van der Waals surface area contributed by atoms with Gasteiger partial charge in [0.1, 0.15) is 23.4 Å². The highest BCUT2D eigenvalue weighted by atomic mass is 16.6. The third-order valence-electron chi connectivity index (χ3n) is 3.55. The van der Waals surface area contributed by atoms with Crippen molar-refractivity contribution in [3.63, 3.8) is 0 Å². The molecule has 0 aliphatic heterocycles. The Kier molecular flexibility index (Phi) is 5.69. The lowest BCUT2D eigenvalue weighted by molar-refractivity contribution is -0.156. The molecule has 2 rings (SSSR count). The van der Waals surface area contributed by atoms with Crippen LogP contribution in [0.5, 0.6) is 0 Å². The van der Waals surface area contributed by atoms with Gasteiger partial charge in [0.25, 0.3) is 0 Å². The molecule has 0 saturated heterocycles. The molecular formula is C20H23NO4. The van der Waals surface area contributed by atoms with Crippen LogP contribution in [-0.2, 0) is 19.9 Å². The van der Waals surface area contributed by atoms with E-state index in [1.807, 2.05) is 6.07 Å². The van der Waals surface area contributed by atoms with Crippen LogP contribution in [0.25, 0.3) is 0 Å². The van der Waals surface area contributed by atoms with Gasteiger partial charge in [-0.2, -0.15) is 0 Å². The summed E-state index contributed by atoms with van der Waals surface area (Å²) < 4.78 is 5.18. The maximum atomic E-state index is 12.4. The third kappa shape index (κ3) is 5.22. The number of aromatic nitrogens is 1. The molecule has 0 spiro atoms. The van der Waals surface area contributed by atoms with E-state index in [1.54, 1.807) is 69.4 Å². The summed E-state index contributed by atoms with van der Waals surface area (Å²) in [4.78, 5) is 28.5. The van der Waals surface area contributed by atoms with Crippen molar-refractivity contribution in [3.8, 4) is 0 Å². The van der Waals surface area contributed by atoms with Crippen LogP contribution in [0.2, 0.25) is 0 Å². The molecule has 0 saturated carbocycles. The van der Waals surface area contributed by atoms with Gasteiger partial charge in [-0.15, -0.1) is 0 Å². The zero-order valence-corrected chi connectivity index (χ0v) is 14.7. The van der Waals surface area contributed by atoms with Gasteiger partial charge in [0.15, 0.2) is 0 Å². The van der Waals surface area contributed by atoms with Crippen molar-refractivity contribution < 1.29 is 19.4 Å². The summed E-state index contributed by atoms with van der Waals surface area (Å²) >= 11 is 0. The second kappa shape index (κ2) is 7.57. The molecule has 0 aliphatic carbocycles. The number of ketones is 1. The zero-order chi connectivity index (χ0) is 18.5. The average Bonchev–Trinajstić information content (AvgIpc) is 2.54. The zero-order valence-electron chi connectivity index (χ0n) is 14.7. The van der Waals surface area contributed by atoms with Crippen molar-refractivity contribution in [2.75, 3.05) is 0 Å². The largest absolute Gasteiger partial charge is 0.460 e. The summed E-state index contributed by atoms with van der Waals surface area (Å²) in [7, 11) is 0. The van der Waals surface area contributed by atoms with Crippen molar-refractivity contribution in [3.05, 3.63) is 66.0 Å². The Labute approximate surface area is 147 Å². The fourth-order valence-corrected chi connectivity index (χ4v) is 2.55. The van der Waals surface area contributed by atoms with E-state index in [9.17, 15) is 14.7 Å². The van der Waals surface area contributed by atoms with E-state index in [0.717, 1.165) is 0 Å². The molecule has 0 fully saturated rings. The van der Waals surface area contributed by atoms with Crippen LogP contribution in [-0.4, -0.2) is 27.4 Å². The first kappa shape index (κ1) is 18.8. The van der Waals surface area contributed by atoms with Crippen molar-refractivity contribution in [1.29, 1.82) is 0 Å². The standard InChI is InChI=1S/C20H23NO4/c1-19(2,3)25-18(23)13-16(22)14-20(24,15-9-5-4-6-10-15)17-11-7-8-12-21-17/h4-12,24H,13-14H2,1-3H3. The summed E-state index contributed by atoms with van der Waals surface area (Å²) in [5, 5.41) is 11.2. The number of ether oxygens (including phenoxy) is 1. The topological polar surface area (TPSA) is 76.5 Å². The number of Topliss-reactive ketones (excluding diaryl/α,β-unsaturated/α-hetero) is 1. The number of carbonyl (C=O) groups excluding carboxylic acids is 2. The smallest absolute Gasteiger partial charge is 0.313 e. The number of aliphatic hydroxyl groups is 1. The first-order valence-corrected chi connectivity index (χ1v) is 8.14. The van der Waals surface area contributed by atoms with Crippen LogP contribution in [0.15, 0.2) is 54.7 Å².